The van der Waals surface area contributed by atoms with Gasteiger partial charge in [-0.25, -0.2) is 0 Å². The van der Waals surface area contributed by atoms with Crippen LogP contribution in [0.15, 0.2) is 54.6 Å². The maximum Gasteiger partial charge on any atom is 0.243 e. The molecule has 0 spiro atoms. The molecule has 0 aromatic heterocycles. The molecule has 3 N–H and O–H groups in total. The van der Waals surface area contributed by atoms with Crippen molar-refractivity contribution in [3.05, 3.63) is 65.2 Å². The van der Waals surface area contributed by atoms with Crippen molar-refractivity contribution in [2.24, 2.45) is 11.7 Å². The van der Waals surface area contributed by atoms with E-state index in [4.69, 9.17) is 17.3 Å². The molecule has 0 saturated heterocycles. The lowest BCUT2D eigenvalue weighted by Gasteiger charge is -2.25. The van der Waals surface area contributed by atoms with Gasteiger partial charge in [0.25, 0.3) is 0 Å². The Morgan fingerprint density at radius 1 is 1.16 bits per heavy atom. The summed E-state index contributed by atoms with van der Waals surface area (Å²) >= 11 is 5.89. The molecule has 132 valence electrons. The van der Waals surface area contributed by atoms with Gasteiger partial charge in [0.05, 0.1) is 12.5 Å². The van der Waals surface area contributed by atoms with Gasteiger partial charge in [0.1, 0.15) is 0 Å². The van der Waals surface area contributed by atoms with E-state index in [1.807, 2.05) is 30.3 Å². The number of carbonyl (C=O) groups excluding carboxylic acids is 2. The number of nitrogens with two attached hydrogens (primary N) is 1. The largest absolute Gasteiger partial charge is 0.336 e. The summed E-state index contributed by atoms with van der Waals surface area (Å²) in [5.74, 6) is -0.914. The van der Waals surface area contributed by atoms with Gasteiger partial charge < -0.3 is 16.0 Å². The second-order valence-corrected chi connectivity index (χ2v) is 6.41. The molecule has 0 heterocycles. The van der Waals surface area contributed by atoms with Crippen LogP contribution in [0.3, 0.4) is 0 Å². The van der Waals surface area contributed by atoms with E-state index in [1.165, 1.54) is 4.90 Å². The minimum atomic E-state index is -0.439. The summed E-state index contributed by atoms with van der Waals surface area (Å²) in [6, 6.07) is 15.9. The van der Waals surface area contributed by atoms with Crippen LogP contribution in [0.4, 0.5) is 5.69 Å². The summed E-state index contributed by atoms with van der Waals surface area (Å²) in [4.78, 5) is 26.0. The molecule has 2 rings (SSSR count). The van der Waals surface area contributed by atoms with Crippen LogP contribution < -0.4 is 11.1 Å². The SMILES string of the molecule is CC(C(=O)N(C)CC(=O)Nc1cccc(Cl)c1)C(N)c1ccccc1. The molecular formula is C19H22ClN3O2. The molecule has 0 aliphatic carbocycles. The van der Waals surface area contributed by atoms with Crippen molar-refractivity contribution >= 4 is 29.1 Å². The predicted octanol–water partition coefficient (Wildman–Crippen LogP) is 3.07. The third kappa shape index (κ3) is 5.31. The van der Waals surface area contributed by atoms with Crippen molar-refractivity contribution in [2.45, 2.75) is 13.0 Å². The van der Waals surface area contributed by atoms with Gasteiger partial charge >= 0.3 is 0 Å². The zero-order valence-corrected chi connectivity index (χ0v) is 15.0. The first-order valence-corrected chi connectivity index (χ1v) is 8.37. The summed E-state index contributed by atoms with van der Waals surface area (Å²) in [5.41, 5.74) is 7.66. The summed E-state index contributed by atoms with van der Waals surface area (Å²) in [6.45, 7) is 1.71. The van der Waals surface area contributed by atoms with Gasteiger partial charge in [-0.1, -0.05) is 54.9 Å². The van der Waals surface area contributed by atoms with Crippen molar-refractivity contribution < 1.29 is 9.59 Å². The van der Waals surface area contributed by atoms with Gasteiger partial charge in [-0.2, -0.15) is 0 Å². The second-order valence-electron chi connectivity index (χ2n) is 5.98. The molecule has 2 atom stereocenters. The summed E-state index contributed by atoms with van der Waals surface area (Å²) in [5, 5.41) is 3.25. The summed E-state index contributed by atoms with van der Waals surface area (Å²) in [7, 11) is 1.59. The molecule has 0 aliphatic rings. The molecule has 6 heteroatoms. The number of hydrogen-bond acceptors (Lipinski definition) is 3. The molecular weight excluding hydrogens is 338 g/mol. The number of rotatable bonds is 6. The molecule has 0 radical (unpaired) electrons. The van der Waals surface area contributed by atoms with E-state index in [0.717, 1.165) is 5.56 Å². The van der Waals surface area contributed by atoms with Gasteiger partial charge in [0.2, 0.25) is 11.8 Å². The van der Waals surface area contributed by atoms with E-state index in [2.05, 4.69) is 5.32 Å². The van der Waals surface area contributed by atoms with Crippen LogP contribution in [0.1, 0.15) is 18.5 Å². The van der Waals surface area contributed by atoms with Crippen LogP contribution >= 0.6 is 11.6 Å². The van der Waals surface area contributed by atoms with Crippen LogP contribution in [0.25, 0.3) is 0 Å². The van der Waals surface area contributed by atoms with Gasteiger partial charge in [-0.15, -0.1) is 0 Å². The van der Waals surface area contributed by atoms with Gasteiger partial charge in [-0.3, -0.25) is 9.59 Å². The number of amides is 2. The fourth-order valence-corrected chi connectivity index (χ4v) is 2.72. The lowest BCUT2D eigenvalue weighted by Crippen LogP contribution is -2.41. The molecule has 0 bridgehead atoms. The maximum atomic E-state index is 12.5. The number of carbonyl (C=O) groups is 2. The van der Waals surface area contributed by atoms with E-state index < -0.39 is 12.0 Å². The van der Waals surface area contributed by atoms with Crippen molar-refractivity contribution in [3.63, 3.8) is 0 Å². The predicted molar refractivity (Wildman–Crippen MR) is 100 cm³/mol. The Labute approximate surface area is 152 Å². The van der Waals surface area contributed by atoms with E-state index in [0.29, 0.717) is 10.7 Å². The Hall–Kier alpha value is -2.37. The van der Waals surface area contributed by atoms with Gasteiger partial charge in [-0.05, 0) is 23.8 Å². The average Bonchev–Trinajstić information content (AvgIpc) is 2.60. The first-order chi connectivity index (χ1) is 11.9. The monoisotopic (exact) mass is 359 g/mol. The minimum absolute atomic E-state index is 0.0583. The number of hydrogen-bond donors (Lipinski definition) is 2. The molecule has 25 heavy (non-hydrogen) atoms. The minimum Gasteiger partial charge on any atom is -0.336 e. The quantitative estimate of drug-likeness (QED) is 0.832. The molecule has 2 aromatic carbocycles. The van der Waals surface area contributed by atoms with E-state index in [1.54, 1.807) is 38.2 Å². The van der Waals surface area contributed by atoms with Crippen LogP contribution in [0.5, 0.6) is 0 Å². The average molecular weight is 360 g/mol. The van der Waals surface area contributed by atoms with Crippen molar-refractivity contribution in [1.29, 1.82) is 0 Å². The van der Waals surface area contributed by atoms with E-state index >= 15 is 0 Å². The number of anilines is 1. The number of nitrogens with zero attached hydrogens (tertiary/aromatic N) is 1. The smallest absolute Gasteiger partial charge is 0.243 e. The van der Waals surface area contributed by atoms with Crippen LogP contribution in [-0.4, -0.2) is 30.3 Å². The Morgan fingerprint density at radius 3 is 2.48 bits per heavy atom. The molecule has 0 saturated carbocycles. The van der Waals surface area contributed by atoms with Crippen molar-refractivity contribution in [3.8, 4) is 0 Å². The van der Waals surface area contributed by atoms with Gasteiger partial charge in [0.15, 0.2) is 0 Å². The first kappa shape index (κ1) is 19.0. The second kappa shape index (κ2) is 8.65. The number of likely N-dealkylation sites (N-methyl/N-ethyl adjacent to an activating group) is 1. The topological polar surface area (TPSA) is 75.4 Å². The molecule has 2 unspecified atom stereocenters. The van der Waals surface area contributed by atoms with Crippen molar-refractivity contribution in [2.75, 3.05) is 18.9 Å². The highest BCUT2D eigenvalue weighted by Crippen LogP contribution is 2.21. The fraction of sp³-hybridized carbons (Fsp3) is 0.263. The number of nitrogens with one attached hydrogen (secondary N) is 1. The summed E-state index contributed by atoms with van der Waals surface area (Å²) < 4.78 is 0. The molecule has 2 aromatic rings. The van der Waals surface area contributed by atoms with Gasteiger partial charge in [0, 0.05) is 23.8 Å². The highest BCUT2D eigenvalue weighted by Gasteiger charge is 2.25. The normalized spacial score (nSPS) is 13.0. The third-order valence-electron chi connectivity index (χ3n) is 3.98. The zero-order chi connectivity index (χ0) is 18.4. The number of halogens is 1. The highest BCUT2D eigenvalue weighted by molar-refractivity contribution is 6.30. The Bertz CT molecular complexity index is 736. The third-order valence-corrected chi connectivity index (χ3v) is 4.21. The van der Waals surface area contributed by atoms with Crippen molar-refractivity contribution in [1.82, 2.24) is 4.90 Å². The summed E-state index contributed by atoms with van der Waals surface area (Å²) in [6.07, 6.45) is 0. The number of benzene rings is 2. The van der Waals surface area contributed by atoms with Crippen LogP contribution in [0, 0.1) is 5.92 Å². The molecule has 2 amide bonds. The van der Waals surface area contributed by atoms with Crippen LogP contribution in [-0.2, 0) is 9.59 Å². The first-order valence-electron chi connectivity index (χ1n) is 7.99. The van der Waals surface area contributed by atoms with E-state index in [-0.39, 0.29) is 18.4 Å². The molecule has 0 aliphatic heterocycles. The lowest BCUT2D eigenvalue weighted by atomic mass is 9.94. The maximum absolute atomic E-state index is 12.5. The zero-order valence-electron chi connectivity index (χ0n) is 14.3. The lowest BCUT2D eigenvalue weighted by molar-refractivity contribution is -0.137. The Morgan fingerprint density at radius 2 is 1.84 bits per heavy atom. The van der Waals surface area contributed by atoms with Crippen LogP contribution in [0.2, 0.25) is 5.02 Å². The highest BCUT2D eigenvalue weighted by atomic mass is 35.5. The fourth-order valence-electron chi connectivity index (χ4n) is 2.53. The standard InChI is InChI=1S/C19H22ClN3O2/c1-13(18(21)14-7-4-3-5-8-14)19(25)23(2)12-17(24)22-16-10-6-9-15(20)11-16/h3-11,13,18H,12,21H2,1-2H3,(H,22,24). The molecule has 5 nitrogen and oxygen atoms in total. The Balaban J connectivity index is 1.93. The Kier molecular flexibility index (Phi) is 6.56. The van der Waals surface area contributed by atoms with E-state index in [9.17, 15) is 9.59 Å². The molecule has 0 fully saturated rings.